The lowest BCUT2D eigenvalue weighted by Crippen LogP contribution is -2.48. The van der Waals surface area contributed by atoms with Crippen LogP contribution in [0.5, 0.6) is 0 Å². The molecular formula is C16H34N2O4S. The number of rotatable bonds is 15. The van der Waals surface area contributed by atoms with Crippen LogP contribution >= 0.6 is 0 Å². The van der Waals surface area contributed by atoms with Gasteiger partial charge in [0.25, 0.3) is 10.1 Å². The molecule has 7 heteroatoms. The van der Waals surface area contributed by atoms with Crippen LogP contribution in [0.2, 0.25) is 0 Å². The van der Waals surface area contributed by atoms with Crippen LogP contribution in [0.4, 0.5) is 0 Å². The molecular weight excluding hydrogens is 316 g/mol. The van der Waals surface area contributed by atoms with E-state index in [0.717, 1.165) is 44.9 Å². The molecule has 0 aliphatic carbocycles. The summed E-state index contributed by atoms with van der Waals surface area (Å²) < 4.78 is 31.1. The summed E-state index contributed by atoms with van der Waals surface area (Å²) in [6, 6.07) is -0.887. The molecule has 6 nitrogen and oxygen atoms in total. The molecule has 3 N–H and O–H groups in total. The van der Waals surface area contributed by atoms with E-state index in [-0.39, 0.29) is 5.91 Å². The summed E-state index contributed by atoms with van der Waals surface area (Å²) in [5.74, 6) is -0.935. The molecule has 0 rings (SSSR count). The Morgan fingerprint density at radius 3 is 2.00 bits per heavy atom. The van der Waals surface area contributed by atoms with Crippen LogP contribution in [-0.4, -0.2) is 43.8 Å². The maximum absolute atomic E-state index is 12.1. The minimum absolute atomic E-state index is 0.354. The zero-order valence-electron chi connectivity index (χ0n) is 14.6. The van der Waals surface area contributed by atoms with E-state index in [1.165, 1.54) is 12.8 Å². The van der Waals surface area contributed by atoms with E-state index in [1.807, 2.05) is 0 Å². The first kappa shape index (κ1) is 22.3. The topological polar surface area (TPSA) is 95.5 Å². The Labute approximate surface area is 141 Å². The summed E-state index contributed by atoms with van der Waals surface area (Å²) in [6.45, 7) is 5.38. The molecule has 1 unspecified atom stereocenters. The van der Waals surface area contributed by atoms with Gasteiger partial charge in [-0.05, 0) is 19.4 Å². The third-order valence-electron chi connectivity index (χ3n) is 3.69. The first-order chi connectivity index (χ1) is 10.9. The fourth-order valence-corrected chi connectivity index (χ4v) is 3.02. The highest BCUT2D eigenvalue weighted by atomic mass is 32.2. The molecule has 0 saturated heterocycles. The molecule has 0 radical (unpaired) electrons. The van der Waals surface area contributed by atoms with E-state index in [1.54, 1.807) is 0 Å². The van der Waals surface area contributed by atoms with Gasteiger partial charge in [-0.1, -0.05) is 58.8 Å². The first-order valence-corrected chi connectivity index (χ1v) is 10.5. The molecule has 0 aromatic heterocycles. The number of amides is 1. The maximum Gasteiger partial charge on any atom is 0.266 e. The quantitative estimate of drug-likeness (QED) is 0.311. The van der Waals surface area contributed by atoms with Crippen molar-refractivity contribution >= 4 is 16.0 Å². The number of nitrogens with one attached hydrogen (secondary N) is 2. The van der Waals surface area contributed by atoms with Gasteiger partial charge in [-0.15, -0.1) is 0 Å². The third kappa shape index (κ3) is 14.7. The summed E-state index contributed by atoms with van der Waals surface area (Å²) in [5, 5.41) is 5.70. The van der Waals surface area contributed by atoms with Crippen LogP contribution in [0.1, 0.15) is 71.6 Å². The molecule has 0 aromatic carbocycles. The monoisotopic (exact) mass is 350 g/mol. The molecule has 1 amide bonds. The molecule has 0 aliphatic rings. The van der Waals surface area contributed by atoms with E-state index >= 15 is 0 Å². The second-order valence-electron chi connectivity index (χ2n) is 6.02. The fraction of sp³-hybridized carbons (Fsp3) is 0.938. The molecule has 0 aliphatic heterocycles. The minimum atomic E-state index is -4.18. The molecule has 0 saturated carbocycles. The van der Waals surface area contributed by atoms with Crippen molar-refractivity contribution in [3.05, 3.63) is 0 Å². The van der Waals surface area contributed by atoms with Gasteiger partial charge >= 0.3 is 0 Å². The summed E-state index contributed by atoms with van der Waals surface area (Å²) in [5.41, 5.74) is 0. The van der Waals surface area contributed by atoms with Crippen molar-refractivity contribution in [2.24, 2.45) is 0 Å². The van der Waals surface area contributed by atoms with Gasteiger partial charge in [-0.3, -0.25) is 9.35 Å². The van der Waals surface area contributed by atoms with Crippen LogP contribution in [0, 0.1) is 0 Å². The number of hydrogen-bond acceptors (Lipinski definition) is 4. The molecule has 0 heterocycles. The van der Waals surface area contributed by atoms with Gasteiger partial charge in [0, 0.05) is 6.54 Å². The van der Waals surface area contributed by atoms with Crippen molar-refractivity contribution in [2.75, 3.05) is 18.8 Å². The maximum atomic E-state index is 12.1. The van der Waals surface area contributed by atoms with Crippen molar-refractivity contribution < 1.29 is 17.8 Å². The van der Waals surface area contributed by atoms with E-state index in [4.69, 9.17) is 4.55 Å². The zero-order chi connectivity index (χ0) is 17.6. The molecule has 138 valence electrons. The lowest BCUT2D eigenvalue weighted by atomic mass is 10.1. The number of unbranched alkanes of at least 4 members (excludes halogenated alkanes) is 7. The highest BCUT2D eigenvalue weighted by Crippen LogP contribution is 2.02. The zero-order valence-corrected chi connectivity index (χ0v) is 15.5. The lowest BCUT2D eigenvalue weighted by molar-refractivity contribution is -0.122. The molecule has 0 fully saturated rings. The van der Waals surface area contributed by atoms with Crippen LogP contribution in [0.25, 0.3) is 0 Å². The van der Waals surface area contributed by atoms with Gasteiger partial charge in [0.2, 0.25) is 5.91 Å². The van der Waals surface area contributed by atoms with Crippen molar-refractivity contribution in [1.82, 2.24) is 10.6 Å². The normalized spacial score (nSPS) is 13.0. The van der Waals surface area contributed by atoms with Crippen molar-refractivity contribution in [3.63, 3.8) is 0 Å². The Bertz CT molecular complexity index is 399. The third-order valence-corrected chi connectivity index (χ3v) is 4.45. The predicted molar refractivity (Wildman–Crippen MR) is 94.1 cm³/mol. The Kier molecular flexibility index (Phi) is 13.4. The minimum Gasteiger partial charge on any atom is -0.355 e. The van der Waals surface area contributed by atoms with Crippen LogP contribution in [0.3, 0.4) is 0 Å². The molecule has 23 heavy (non-hydrogen) atoms. The highest BCUT2D eigenvalue weighted by molar-refractivity contribution is 7.85. The second-order valence-corrected chi connectivity index (χ2v) is 7.52. The van der Waals surface area contributed by atoms with Gasteiger partial charge in [0.15, 0.2) is 0 Å². The van der Waals surface area contributed by atoms with Crippen molar-refractivity contribution in [1.29, 1.82) is 0 Å². The van der Waals surface area contributed by atoms with Gasteiger partial charge < -0.3 is 10.6 Å². The molecule has 1 atom stereocenters. The Hall–Kier alpha value is -0.660. The average molecular weight is 351 g/mol. The standard InChI is InChI=1S/C16H34N2O4S/c1-3-5-7-9-11-12-17-15(14-23(20,21)22)16(19)18-13-10-8-6-4-2/h15,17H,3-14H2,1-2H3,(H,18,19)(H,20,21,22). The van der Waals surface area contributed by atoms with Crippen LogP contribution in [0.15, 0.2) is 0 Å². The van der Waals surface area contributed by atoms with Gasteiger partial charge in [0.05, 0.1) is 5.75 Å². The van der Waals surface area contributed by atoms with Crippen LogP contribution in [-0.2, 0) is 14.9 Å². The average Bonchev–Trinajstić information content (AvgIpc) is 2.48. The van der Waals surface area contributed by atoms with E-state index in [9.17, 15) is 13.2 Å². The molecule has 0 bridgehead atoms. The number of carbonyl (C=O) groups excluding carboxylic acids is 1. The number of hydrogen-bond donors (Lipinski definition) is 3. The fourth-order valence-electron chi connectivity index (χ4n) is 2.33. The highest BCUT2D eigenvalue weighted by Gasteiger charge is 2.23. The van der Waals surface area contributed by atoms with Gasteiger partial charge in [-0.2, -0.15) is 8.42 Å². The van der Waals surface area contributed by atoms with E-state index < -0.39 is 21.9 Å². The lowest BCUT2D eigenvalue weighted by Gasteiger charge is -2.17. The Morgan fingerprint density at radius 1 is 0.913 bits per heavy atom. The predicted octanol–water partition coefficient (Wildman–Crippen LogP) is 2.50. The summed E-state index contributed by atoms with van der Waals surface area (Å²) >= 11 is 0. The Balaban J connectivity index is 4.14. The van der Waals surface area contributed by atoms with E-state index in [2.05, 4.69) is 24.5 Å². The van der Waals surface area contributed by atoms with Gasteiger partial charge in [0.1, 0.15) is 6.04 Å². The summed E-state index contributed by atoms with van der Waals surface area (Å²) in [6.07, 6.45) is 9.62. The molecule has 0 aromatic rings. The first-order valence-electron chi connectivity index (χ1n) is 8.87. The van der Waals surface area contributed by atoms with Crippen LogP contribution < -0.4 is 10.6 Å². The van der Waals surface area contributed by atoms with E-state index in [0.29, 0.717) is 13.1 Å². The summed E-state index contributed by atoms with van der Waals surface area (Å²) in [4.78, 5) is 12.1. The largest absolute Gasteiger partial charge is 0.355 e. The Morgan fingerprint density at radius 2 is 1.43 bits per heavy atom. The molecule has 0 spiro atoms. The van der Waals surface area contributed by atoms with Gasteiger partial charge in [-0.25, -0.2) is 0 Å². The number of carbonyl (C=O) groups is 1. The SMILES string of the molecule is CCCCCCCNC(CS(=O)(=O)O)C(=O)NCCCCCC. The second kappa shape index (κ2) is 13.7. The summed E-state index contributed by atoms with van der Waals surface area (Å²) in [7, 11) is -4.18. The van der Waals surface area contributed by atoms with Crippen molar-refractivity contribution in [2.45, 2.75) is 77.7 Å². The van der Waals surface area contributed by atoms with Crippen molar-refractivity contribution in [3.8, 4) is 0 Å². The smallest absolute Gasteiger partial charge is 0.266 e.